The van der Waals surface area contributed by atoms with E-state index in [0.29, 0.717) is 45.1 Å². The first kappa shape index (κ1) is 23.2. The normalized spacial score (nSPS) is 17.7. The van der Waals surface area contributed by atoms with E-state index in [1.54, 1.807) is 26.0 Å². The highest BCUT2D eigenvalue weighted by atomic mass is 32.2. The Morgan fingerprint density at radius 2 is 1.87 bits per heavy atom. The lowest BCUT2D eigenvalue weighted by Gasteiger charge is -2.31. The van der Waals surface area contributed by atoms with E-state index in [9.17, 15) is 18.0 Å². The van der Waals surface area contributed by atoms with E-state index in [1.165, 1.54) is 17.4 Å². The Morgan fingerprint density at radius 1 is 1.19 bits per heavy atom. The molecule has 1 N–H and O–H groups in total. The predicted octanol–water partition coefficient (Wildman–Crippen LogP) is 1.10. The third kappa shape index (κ3) is 5.05. The zero-order chi connectivity index (χ0) is 22.6. The number of ether oxygens (including phenoxy) is 1. The summed E-state index contributed by atoms with van der Waals surface area (Å²) < 4.78 is 32.8. The first-order chi connectivity index (χ1) is 14.8. The topological polar surface area (TPSA) is 112 Å². The molecule has 0 aromatic heterocycles. The van der Waals surface area contributed by atoms with Gasteiger partial charge in [0.25, 0.3) is 5.91 Å². The van der Waals surface area contributed by atoms with Crippen LogP contribution in [0, 0.1) is 0 Å². The molecule has 2 aliphatic rings. The quantitative estimate of drug-likeness (QED) is 0.665. The minimum absolute atomic E-state index is 0.112. The minimum Gasteiger partial charge on any atom is -0.378 e. The number of anilines is 2. The van der Waals surface area contributed by atoms with Gasteiger partial charge in [0.05, 0.1) is 29.5 Å². The standard InChI is InChI=1S/C20H29N5O5S/c1-4-25(5-2)31(28,29)15-6-8-18(24-10-12-30-13-11-24)17(14-15)21-20(27)16-7-9-19(26)23(3)22-16/h6,8,14H,4-5,7,9-13H2,1-3H3,(H,21,27). The molecule has 0 radical (unpaired) electrons. The van der Waals surface area contributed by atoms with E-state index in [2.05, 4.69) is 10.4 Å². The Balaban J connectivity index is 1.97. The Morgan fingerprint density at radius 3 is 2.48 bits per heavy atom. The van der Waals surface area contributed by atoms with Crippen molar-refractivity contribution >= 4 is 38.9 Å². The molecular weight excluding hydrogens is 422 g/mol. The van der Waals surface area contributed by atoms with Crippen molar-refractivity contribution < 1.29 is 22.7 Å². The molecule has 170 valence electrons. The Labute approximate surface area is 182 Å². The zero-order valence-electron chi connectivity index (χ0n) is 18.1. The molecule has 1 saturated heterocycles. The molecule has 3 rings (SSSR count). The van der Waals surface area contributed by atoms with E-state index in [4.69, 9.17) is 4.74 Å². The van der Waals surface area contributed by atoms with Gasteiger partial charge < -0.3 is 15.0 Å². The van der Waals surface area contributed by atoms with Crippen molar-refractivity contribution in [2.24, 2.45) is 5.10 Å². The number of nitrogens with one attached hydrogen (secondary N) is 1. The van der Waals surface area contributed by atoms with Crippen LogP contribution in [-0.4, -0.2) is 81.7 Å². The van der Waals surface area contributed by atoms with Crippen LogP contribution in [0.5, 0.6) is 0 Å². The number of hydrazone groups is 1. The number of benzene rings is 1. The highest BCUT2D eigenvalue weighted by Crippen LogP contribution is 2.31. The average molecular weight is 452 g/mol. The molecule has 0 unspecified atom stereocenters. The molecule has 0 spiro atoms. The lowest BCUT2D eigenvalue weighted by molar-refractivity contribution is -0.130. The van der Waals surface area contributed by atoms with E-state index in [-0.39, 0.29) is 29.4 Å². The zero-order valence-corrected chi connectivity index (χ0v) is 18.9. The van der Waals surface area contributed by atoms with Gasteiger partial charge in [-0.1, -0.05) is 13.8 Å². The molecule has 1 aromatic rings. The molecule has 2 amide bonds. The average Bonchev–Trinajstić information content (AvgIpc) is 2.76. The van der Waals surface area contributed by atoms with Gasteiger partial charge in [0.1, 0.15) is 5.71 Å². The van der Waals surface area contributed by atoms with Gasteiger partial charge in [-0.3, -0.25) is 9.59 Å². The first-order valence-electron chi connectivity index (χ1n) is 10.4. The molecule has 2 heterocycles. The van der Waals surface area contributed by atoms with Gasteiger partial charge in [0, 0.05) is 46.1 Å². The van der Waals surface area contributed by atoms with Crippen LogP contribution >= 0.6 is 0 Å². The summed E-state index contributed by atoms with van der Waals surface area (Å²) in [4.78, 5) is 26.7. The summed E-state index contributed by atoms with van der Waals surface area (Å²) in [6.45, 7) is 6.62. The maximum Gasteiger partial charge on any atom is 0.271 e. The van der Waals surface area contributed by atoms with E-state index < -0.39 is 15.9 Å². The molecule has 0 saturated carbocycles. The third-order valence-corrected chi connectivity index (χ3v) is 7.43. The summed E-state index contributed by atoms with van der Waals surface area (Å²) in [6, 6.07) is 4.78. The van der Waals surface area contributed by atoms with Crippen molar-refractivity contribution in [2.45, 2.75) is 31.6 Å². The van der Waals surface area contributed by atoms with Crippen LogP contribution in [0.4, 0.5) is 11.4 Å². The van der Waals surface area contributed by atoms with E-state index in [0.717, 1.165) is 10.7 Å². The number of nitrogens with zero attached hydrogens (tertiary/aromatic N) is 4. The van der Waals surface area contributed by atoms with Crippen molar-refractivity contribution in [3.8, 4) is 0 Å². The largest absolute Gasteiger partial charge is 0.378 e. The lowest BCUT2D eigenvalue weighted by atomic mass is 10.1. The van der Waals surface area contributed by atoms with Gasteiger partial charge in [-0.2, -0.15) is 9.41 Å². The molecule has 0 aliphatic carbocycles. The number of sulfonamides is 1. The molecule has 0 bridgehead atoms. The fourth-order valence-corrected chi connectivity index (χ4v) is 5.08. The van der Waals surface area contributed by atoms with Gasteiger partial charge in [-0.05, 0) is 18.2 Å². The second kappa shape index (κ2) is 9.75. The summed E-state index contributed by atoms with van der Waals surface area (Å²) in [5.41, 5.74) is 1.34. The first-order valence-corrected chi connectivity index (χ1v) is 11.8. The van der Waals surface area contributed by atoms with Crippen LogP contribution in [0.15, 0.2) is 28.2 Å². The predicted molar refractivity (Wildman–Crippen MR) is 118 cm³/mol. The van der Waals surface area contributed by atoms with Crippen molar-refractivity contribution in [1.29, 1.82) is 0 Å². The van der Waals surface area contributed by atoms with Gasteiger partial charge in [-0.15, -0.1) is 0 Å². The smallest absolute Gasteiger partial charge is 0.271 e. The van der Waals surface area contributed by atoms with E-state index >= 15 is 0 Å². The van der Waals surface area contributed by atoms with Crippen LogP contribution in [0.3, 0.4) is 0 Å². The van der Waals surface area contributed by atoms with Gasteiger partial charge in [0.2, 0.25) is 15.9 Å². The third-order valence-electron chi connectivity index (χ3n) is 5.38. The number of amides is 2. The molecule has 31 heavy (non-hydrogen) atoms. The van der Waals surface area contributed by atoms with E-state index in [1.807, 2.05) is 4.90 Å². The highest BCUT2D eigenvalue weighted by Gasteiger charge is 2.27. The van der Waals surface area contributed by atoms with Crippen LogP contribution in [0.25, 0.3) is 0 Å². The molecule has 1 aromatic carbocycles. The number of carbonyl (C=O) groups excluding carboxylic acids is 2. The SMILES string of the molecule is CCN(CC)S(=O)(=O)c1ccc(N2CCOCC2)c(NC(=O)C2=NN(C)C(=O)CC2)c1. The summed E-state index contributed by atoms with van der Waals surface area (Å²) >= 11 is 0. The summed E-state index contributed by atoms with van der Waals surface area (Å²) in [6.07, 6.45) is 0.439. The van der Waals surface area contributed by atoms with Gasteiger partial charge in [-0.25, -0.2) is 13.4 Å². The van der Waals surface area contributed by atoms with Crippen LogP contribution in [-0.2, 0) is 24.3 Å². The van der Waals surface area contributed by atoms with Crippen molar-refractivity contribution in [3.63, 3.8) is 0 Å². The van der Waals surface area contributed by atoms with Gasteiger partial charge >= 0.3 is 0 Å². The van der Waals surface area contributed by atoms with Crippen LogP contribution in [0.2, 0.25) is 0 Å². The Bertz CT molecular complexity index is 968. The molecular formula is C20H29N5O5S. The van der Waals surface area contributed by atoms with Crippen molar-refractivity contribution in [1.82, 2.24) is 9.31 Å². The number of morpholine rings is 1. The molecule has 0 atom stereocenters. The second-order valence-corrected chi connectivity index (χ2v) is 9.22. The molecule has 10 nitrogen and oxygen atoms in total. The number of carbonyl (C=O) groups is 2. The highest BCUT2D eigenvalue weighted by molar-refractivity contribution is 7.89. The van der Waals surface area contributed by atoms with Gasteiger partial charge in [0.15, 0.2) is 0 Å². The fraction of sp³-hybridized carbons (Fsp3) is 0.550. The monoisotopic (exact) mass is 451 g/mol. The van der Waals surface area contributed by atoms with Crippen LogP contribution < -0.4 is 10.2 Å². The Hall–Kier alpha value is -2.50. The Kier molecular flexibility index (Phi) is 7.29. The summed E-state index contributed by atoms with van der Waals surface area (Å²) in [5.74, 6) is -0.607. The lowest BCUT2D eigenvalue weighted by Crippen LogP contribution is -2.38. The maximum absolute atomic E-state index is 13.0. The van der Waals surface area contributed by atoms with Crippen molar-refractivity contribution in [2.75, 3.05) is 56.7 Å². The second-order valence-electron chi connectivity index (χ2n) is 7.29. The summed E-state index contributed by atoms with van der Waals surface area (Å²) in [7, 11) is -2.19. The number of hydrogen-bond donors (Lipinski definition) is 1. The minimum atomic E-state index is -3.69. The molecule has 2 aliphatic heterocycles. The number of rotatable bonds is 7. The fourth-order valence-electron chi connectivity index (χ4n) is 3.60. The summed E-state index contributed by atoms with van der Waals surface area (Å²) in [5, 5.41) is 8.04. The molecule has 1 fully saturated rings. The maximum atomic E-state index is 13.0. The van der Waals surface area contributed by atoms with Crippen LogP contribution in [0.1, 0.15) is 26.7 Å². The van der Waals surface area contributed by atoms with Crippen molar-refractivity contribution in [3.05, 3.63) is 18.2 Å². The molecule has 11 heteroatoms. The number of hydrogen-bond acceptors (Lipinski definition) is 7.